The van der Waals surface area contributed by atoms with Crippen molar-refractivity contribution in [3.63, 3.8) is 0 Å². The number of halogens is 3. The maximum Gasteiger partial charge on any atom is 0.573 e. The van der Waals surface area contributed by atoms with Gasteiger partial charge in [0.1, 0.15) is 16.4 Å². The summed E-state index contributed by atoms with van der Waals surface area (Å²) >= 11 is 1.58. The van der Waals surface area contributed by atoms with Gasteiger partial charge in [-0.05, 0) is 78.8 Å². The molecule has 0 saturated carbocycles. The number of anilines is 1. The van der Waals surface area contributed by atoms with E-state index >= 15 is 0 Å². The topological polar surface area (TPSA) is 92.7 Å². The fourth-order valence-corrected chi connectivity index (χ4v) is 4.76. The predicted molar refractivity (Wildman–Crippen MR) is 128 cm³/mol. The lowest BCUT2D eigenvalue weighted by atomic mass is 10.1. The highest BCUT2D eigenvalue weighted by atomic mass is 32.2. The molecule has 0 aliphatic carbocycles. The number of aryl methyl sites for hydroxylation is 1. The van der Waals surface area contributed by atoms with Crippen LogP contribution in [0.3, 0.4) is 0 Å². The van der Waals surface area contributed by atoms with E-state index in [1.807, 2.05) is 0 Å². The van der Waals surface area contributed by atoms with Crippen molar-refractivity contribution in [2.45, 2.75) is 29.0 Å². The summed E-state index contributed by atoms with van der Waals surface area (Å²) in [5.74, 6) is -0.293. The minimum atomic E-state index is -4.71. The fraction of sp³-hybridized carbons (Fsp3) is 0.208. The van der Waals surface area contributed by atoms with E-state index in [2.05, 4.69) is 10.1 Å². The van der Waals surface area contributed by atoms with Crippen LogP contribution in [0.1, 0.15) is 22.3 Å². The number of hydrogen-bond donors (Lipinski definition) is 2. The molecule has 0 aliphatic rings. The second-order valence-corrected chi connectivity index (χ2v) is 10.7. The monoisotopic (exact) mass is 525 g/mol. The maximum absolute atomic E-state index is 12.5. The van der Waals surface area contributed by atoms with E-state index in [4.69, 9.17) is 0 Å². The molecule has 3 aromatic rings. The van der Waals surface area contributed by atoms with Crippen molar-refractivity contribution < 1.29 is 36.2 Å². The predicted octanol–water partition coefficient (Wildman–Crippen LogP) is 5.67. The average Bonchev–Trinajstić information content (AvgIpc) is 2.77. The zero-order chi connectivity index (χ0) is 25.6. The molecular weight excluding hydrogens is 503 g/mol. The summed E-state index contributed by atoms with van der Waals surface area (Å²) in [5, 5.41) is 12.3. The Morgan fingerprint density at radius 2 is 1.69 bits per heavy atom. The lowest BCUT2D eigenvalue weighted by molar-refractivity contribution is -0.274. The Hall–Kier alpha value is -3.18. The van der Waals surface area contributed by atoms with Crippen molar-refractivity contribution in [2.75, 3.05) is 17.3 Å². The number of sulfone groups is 1. The van der Waals surface area contributed by atoms with Gasteiger partial charge in [-0.15, -0.1) is 24.9 Å². The number of carbonyl (C=O) groups excluding carboxylic acids is 1. The van der Waals surface area contributed by atoms with Crippen molar-refractivity contribution in [2.24, 2.45) is 0 Å². The number of phenolic OH excluding ortho intramolecular Hbond substituents is 1. The maximum atomic E-state index is 12.5. The molecular formula is C24H22F3NO5S2. The van der Waals surface area contributed by atoms with Crippen LogP contribution in [-0.2, 0) is 16.3 Å². The van der Waals surface area contributed by atoms with Gasteiger partial charge in [-0.1, -0.05) is 12.1 Å². The van der Waals surface area contributed by atoms with E-state index in [1.54, 1.807) is 48.2 Å². The van der Waals surface area contributed by atoms with Crippen LogP contribution in [0.4, 0.5) is 18.9 Å². The highest BCUT2D eigenvalue weighted by Crippen LogP contribution is 2.27. The lowest BCUT2D eigenvalue weighted by Crippen LogP contribution is -2.17. The molecule has 0 radical (unpaired) electrons. The molecule has 3 aromatic carbocycles. The number of alkyl halides is 3. The number of thioether (sulfide) groups is 1. The van der Waals surface area contributed by atoms with Crippen molar-refractivity contribution in [1.82, 2.24) is 0 Å². The van der Waals surface area contributed by atoms with Crippen molar-refractivity contribution >= 4 is 33.2 Å². The normalized spacial score (nSPS) is 11.8. The van der Waals surface area contributed by atoms with Crippen LogP contribution in [0.5, 0.6) is 11.5 Å². The molecule has 0 spiro atoms. The van der Waals surface area contributed by atoms with Gasteiger partial charge >= 0.3 is 6.36 Å². The molecule has 1 amide bonds. The summed E-state index contributed by atoms with van der Waals surface area (Å²) in [6, 6.07) is 16.5. The van der Waals surface area contributed by atoms with Gasteiger partial charge < -0.3 is 15.2 Å². The summed E-state index contributed by atoms with van der Waals surface area (Å²) in [6.45, 7) is 0. The summed E-state index contributed by atoms with van der Waals surface area (Å²) < 4.78 is 63.9. The summed E-state index contributed by atoms with van der Waals surface area (Å²) in [7, 11) is -3.65. The molecule has 0 saturated heterocycles. The summed E-state index contributed by atoms with van der Waals surface area (Å²) in [6.07, 6.45) is -2.24. The van der Waals surface area contributed by atoms with Crippen LogP contribution < -0.4 is 10.1 Å². The molecule has 186 valence electrons. The first kappa shape index (κ1) is 26.4. The summed E-state index contributed by atoms with van der Waals surface area (Å²) in [4.78, 5) is 13.2. The molecule has 11 heteroatoms. The van der Waals surface area contributed by atoms with E-state index in [9.17, 15) is 31.5 Å². The largest absolute Gasteiger partial charge is 0.573 e. The third-order valence-corrected chi connectivity index (χ3v) is 6.99. The molecule has 2 N–H and O–H groups in total. The number of amides is 1. The average molecular weight is 526 g/mol. The summed E-state index contributed by atoms with van der Waals surface area (Å²) in [5.41, 5.74) is 1.52. The first-order valence-corrected chi connectivity index (χ1v) is 13.2. The molecule has 0 unspecified atom stereocenters. The molecule has 3 rings (SSSR count). The molecule has 0 aliphatic heterocycles. The Kier molecular flexibility index (Phi) is 8.34. The molecule has 6 nitrogen and oxygen atoms in total. The molecule has 0 atom stereocenters. The number of ether oxygens (including phenoxy) is 1. The Labute approximate surface area is 205 Å². The standard InChI is InChI=1S/C24H22F3NO5S2/c1-35(31,32)22-15-18(8-13-21(22)29)28-23(30)17-6-11-20(12-7-17)34-14-2-3-16-4-9-19(10-5-16)33-24(25,26)27/h4-13,15,29H,2-3,14H2,1H3,(H,28,30). The van der Waals surface area contributed by atoms with Gasteiger partial charge in [0.15, 0.2) is 9.84 Å². The first-order valence-electron chi connectivity index (χ1n) is 10.3. The smallest absolute Gasteiger partial charge is 0.507 e. The van der Waals surface area contributed by atoms with Gasteiger partial charge in [0.2, 0.25) is 0 Å². The minimum absolute atomic E-state index is 0.240. The third-order valence-electron chi connectivity index (χ3n) is 4.77. The third kappa shape index (κ3) is 8.22. The van der Waals surface area contributed by atoms with Gasteiger partial charge in [-0.2, -0.15) is 0 Å². The van der Waals surface area contributed by atoms with Gasteiger partial charge in [0, 0.05) is 22.4 Å². The van der Waals surface area contributed by atoms with Gasteiger partial charge in [0.25, 0.3) is 5.91 Å². The van der Waals surface area contributed by atoms with E-state index in [0.717, 1.165) is 28.9 Å². The Morgan fingerprint density at radius 3 is 2.29 bits per heavy atom. The van der Waals surface area contributed by atoms with Crippen LogP contribution in [0, 0.1) is 0 Å². The quantitative estimate of drug-likeness (QED) is 0.212. The van der Waals surface area contributed by atoms with E-state index in [-0.39, 0.29) is 22.1 Å². The van der Waals surface area contributed by atoms with Crippen molar-refractivity contribution in [3.05, 3.63) is 77.9 Å². The molecule has 0 fully saturated rings. The fourth-order valence-electron chi connectivity index (χ4n) is 3.12. The highest BCUT2D eigenvalue weighted by molar-refractivity contribution is 7.99. The van der Waals surface area contributed by atoms with Crippen LogP contribution in [-0.4, -0.2) is 37.8 Å². The first-order chi connectivity index (χ1) is 16.4. The second-order valence-electron chi connectivity index (χ2n) is 7.58. The zero-order valence-corrected chi connectivity index (χ0v) is 20.1. The van der Waals surface area contributed by atoms with Crippen LogP contribution in [0.2, 0.25) is 0 Å². The number of rotatable bonds is 9. The number of phenols is 1. The number of carbonyl (C=O) groups is 1. The van der Waals surface area contributed by atoms with Gasteiger partial charge in [-0.3, -0.25) is 4.79 Å². The molecule has 35 heavy (non-hydrogen) atoms. The van der Waals surface area contributed by atoms with E-state index in [1.165, 1.54) is 30.3 Å². The van der Waals surface area contributed by atoms with Crippen LogP contribution in [0.25, 0.3) is 0 Å². The van der Waals surface area contributed by atoms with Gasteiger partial charge in [0.05, 0.1) is 0 Å². The zero-order valence-electron chi connectivity index (χ0n) is 18.5. The minimum Gasteiger partial charge on any atom is -0.507 e. The van der Waals surface area contributed by atoms with Crippen molar-refractivity contribution in [1.29, 1.82) is 0 Å². The van der Waals surface area contributed by atoms with Gasteiger partial charge in [-0.25, -0.2) is 8.42 Å². The number of nitrogens with one attached hydrogen (secondary N) is 1. The SMILES string of the molecule is CS(=O)(=O)c1cc(NC(=O)c2ccc(SCCCc3ccc(OC(F)(F)F)cc3)cc2)ccc1O. The highest BCUT2D eigenvalue weighted by Gasteiger charge is 2.30. The Morgan fingerprint density at radius 1 is 1.03 bits per heavy atom. The molecule has 0 bridgehead atoms. The number of benzene rings is 3. The second kappa shape index (κ2) is 11.0. The molecule has 0 heterocycles. The lowest BCUT2D eigenvalue weighted by Gasteiger charge is -2.09. The molecule has 0 aromatic heterocycles. The number of aromatic hydroxyl groups is 1. The Balaban J connectivity index is 1.48. The van der Waals surface area contributed by atoms with E-state index < -0.39 is 22.1 Å². The van der Waals surface area contributed by atoms with E-state index in [0.29, 0.717) is 12.0 Å². The van der Waals surface area contributed by atoms with Crippen molar-refractivity contribution in [3.8, 4) is 11.5 Å². The number of hydrogen-bond acceptors (Lipinski definition) is 6. The van der Waals surface area contributed by atoms with Crippen LogP contribution >= 0.6 is 11.8 Å². The Bertz CT molecular complexity index is 1280. The van der Waals surface area contributed by atoms with Crippen LogP contribution in [0.15, 0.2) is 76.5 Å².